The van der Waals surface area contributed by atoms with Crippen LogP contribution in [-0.2, 0) is 0 Å². The first-order valence-electron chi connectivity index (χ1n) is 9.86. The molecule has 4 fully saturated rings. The number of para-hydroxylation sites is 1. The molecule has 4 aliphatic rings. The number of nitrogens with zero attached hydrogens (tertiary/aromatic N) is 3. The molecule has 5 nitrogen and oxygen atoms in total. The van der Waals surface area contributed by atoms with Gasteiger partial charge in [-0.15, -0.1) is 0 Å². The highest BCUT2D eigenvalue weighted by Gasteiger charge is 2.54. The number of amides is 1. The number of carbonyl (C=O) groups is 1. The second-order valence-corrected chi connectivity index (χ2v) is 7.91. The van der Waals surface area contributed by atoms with Crippen molar-refractivity contribution in [2.24, 2.45) is 5.92 Å². The number of hydrogen-bond donors (Lipinski definition) is 0. The van der Waals surface area contributed by atoms with Gasteiger partial charge < -0.3 is 9.64 Å². The van der Waals surface area contributed by atoms with Gasteiger partial charge in [-0.25, -0.2) is 0 Å². The molecule has 5 heterocycles. The van der Waals surface area contributed by atoms with E-state index in [1.807, 2.05) is 42.7 Å². The van der Waals surface area contributed by atoms with Gasteiger partial charge in [0.2, 0.25) is 0 Å². The van der Waals surface area contributed by atoms with Crippen molar-refractivity contribution in [3.63, 3.8) is 0 Å². The molecule has 1 aromatic heterocycles. The van der Waals surface area contributed by atoms with Gasteiger partial charge in [0, 0.05) is 30.9 Å². The molecule has 1 aromatic carbocycles. The summed E-state index contributed by atoms with van der Waals surface area (Å²) in [7, 11) is 1.63. The van der Waals surface area contributed by atoms with Gasteiger partial charge >= 0.3 is 0 Å². The number of pyridine rings is 1. The van der Waals surface area contributed by atoms with Crippen LogP contribution in [0.15, 0.2) is 48.8 Å². The summed E-state index contributed by atoms with van der Waals surface area (Å²) >= 11 is 0. The Morgan fingerprint density at radius 3 is 2.67 bits per heavy atom. The van der Waals surface area contributed by atoms with Crippen LogP contribution in [0.1, 0.15) is 34.7 Å². The van der Waals surface area contributed by atoms with Gasteiger partial charge in [-0.05, 0) is 55.6 Å². The van der Waals surface area contributed by atoms with E-state index in [9.17, 15) is 4.79 Å². The second kappa shape index (κ2) is 6.64. The summed E-state index contributed by atoms with van der Waals surface area (Å²) in [5.41, 5.74) is 1.91. The summed E-state index contributed by atoms with van der Waals surface area (Å²) in [5, 5.41) is 0. The predicted octanol–water partition coefficient (Wildman–Crippen LogP) is 2.79. The van der Waals surface area contributed by atoms with Crippen LogP contribution >= 0.6 is 0 Å². The van der Waals surface area contributed by atoms with Crippen molar-refractivity contribution in [3.05, 3.63) is 59.9 Å². The number of likely N-dealkylation sites (tertiary alicyclic amines) is 1. The molecule has 0 saturated carbocycles. The third-order valence-corrected chi connectivity index (χ3v) is 6.71. The molecule has 4 saturated heterocycles. The van der Waals surface area contributed by atoms with Crippen LogP contribution in [-0.4, -0.2) is 59.5 Å². The highest BCUT2D eigenvalue weighted by Crippen LogP contribution is 2.47. The lowest BCUT2D eigenvalue weighted by Gasteiger charge is -2.51. The third kappa shape index (κ3) is 2.64. The molecule has 4 aliphatic heterocycles. The number of fused-ring (bicyclic) bond motifs is 2. The molecule has 0 spiro atoms. The normalized spacial score (nSPS) is 31.6. The SMILES string of the molecule is COc1ccccc1C(=O)N1CC(c2cccnc2)C2C1C1CCN2CC1. The molecule has 1 amide bonds. The maximum atomic E-state index is 13.5. The lowest BCUT2D eigenvalue weighted by atomic mass is 9.75. The van der Waals surface area contributed by atoms with Crippen LogP contribution in [0.4, 0.5) is 0 Å². The first-order valence-corrected chi connectivity index (χ1v) is 9.86. The Hall–Kier alpha value is -2.40. The smallest absolute Gasteiger partial charge is 0.257 e. The van der Waals surface area contributed by atoms with Crippen LogP contribution in [0.3, 0.4) is 0 Å². The lowest BCUT2D eigenvalue weighted by Crippen LogP contribution is -2.60. The Morgan fingerprint density at radius 1 is 1.11 bits per heavy atom. The highest BCUT2D eigenvalue weighted by molar-refractivity contribution is 5.97. The Kier molecular flexibility index (Phi) is 4.12. The summed E-state index contributed by atoms with van der Waals surface area (Å²) in [6.45, 7) is 3.06. The number of carbonyl (C=O) groups excluding carboxylic acids is 1. The zero-order chi connectivity index (χ0) is 18.4. The van der Waals surface area contributed by atoms with E-state index in [2.05, 4.69) is 20.9 Å². The summed E-state index contributed by atoms with van der Waals surface area (Å²) in [5.74, 6) is 1.68. The van der Waals surface area contributed by atoms with Crippen LogP contribution in [0.5, 0.6) is 5.75 Å². The van der Waals surface area contributed by atoms with Crippen LogP contribution in [0.2, 0.25) is 0 Å². The van der Waals surface area contributed by atoms with E-state index in [-0.39, 0.29) is 11.9 Å². The molecule has 0 radical (unpaired) electrons. The van der Waals surface area contributed by atoms with Crippen molar-refractivity contribution in [2.75, 3.05) is 26.7 Å². The van der Waals surface area contributed by atoms with E-state index in [1.54, 1.807) is 7.11 Å². The fourth-order valence-corrected chi connectivity index (χ4v) is 5.52. The molecule has 0 N–H and O–H groups in total. The second-order valence-electron chi connectivity index (χ2n) is 7.91. The summed E-state index contributed by atoms with van der Waals surface area (Å²) < 4.78 is 5.47. The van der Waals surface area contributed by atoms with Crippen LogP contribution in [0.25, 0.3) is 0 Å². The molecule has 2 aromatic rings. The molecule has 2 bridgehead atoms. The fraction of sp³-hybridized carbons (Fsp3) is 0.455. The molecule has 140 valence electrons. The zero-order valence-corrected chi connectivity index (χ0v) is 15.6. The monoisotopic (exact) mass is 363 g/mol. The molecule has 3 unspecified atom stereocenters. The summed E-state index contributed by atoms with van der Waals surface area (Å²) in [6, 6.07) is 12.4. The van der Waals surface area contributed by atoms with Crippen molar-refractivity contribution in [3.8, 4) is 5.75 Å². The number of piperidine rings is 3. The minimum atomic E-state index is 0.0996. The van der Waals surface area contributed by atoms with E-state index in [0.29, 0.717) is 29.2 Å². The Balaban J connectivity index is 1.54. The molecule has 5 heteroatoms. The Morgan fingerprint density at radius 2 is 1.93 bits per heavy atom. The van der Waals surface area contributed by atoms with Crippen LogP contribution < -0.4 is 4.74 Å². The fourth-order valence-electron chi connectivity index (χ4n) is 5.52. The van der Waals surface area contributed by atoms with Gasteiger partial charge in [-0.2, -0.15) is 0 Å². The zero-order valence-electron chi connectivity index (χ0n) is 15.6. The molecular weight excluding hydrogens is 338 g/mol. The van der Waals surface area contributed by atoms with Crippen molar-refractivity contribution in [1.82, 2.24) is 14.8 Å². The van der Waals surface area contributed by atoms with E-state index in [1.165, 1.54) is 18.4 Å². The summed E-state index contributed by atoms with van der Waals surface area (Å²) in [6.07, 6.45) is 6.18. The number of methoxy groups -OCH3 is 1. The minimum absolute atomic E-state index is 0.0996. The number of ether oxygens (including phenoxy) is 1. The van der Waals surface area contributed by atoms with Crippen LogP contribution in [0, 0.1) is 5.92 Å². The maximum Gasteiger partial charge on any atom is 0.257 e. The van der Waals surface area contributed by atoms with E-state index in [4.69, 9.17) is 4.74 Å². The quantitative estimate of drug-likeness (QED) is 0.841. The first-order chi connectivity index (χ1) is 13.3. The molecule has 0 aliphatic carbocycles. The number of aromatic nitrogens is 1. The van der Waals surface area contributed by atoms with E-state index in [0.717, 1.165) is 19.6 Å². The molecule has 27 heavy (non-hydrogen) atoms. The number of benzene rings is 1. The standard InChI is InChI=1S/C22H25N3O2/c1-27-19-7-3-2-6-17(19)22(26)25-14-18(16-5-4-10-23-13-16)21-20(25)15-8-11-24(21)12-9-15/h2-7,10,13,15,18,20-21H,8-9,11-12,14H2,1H3. The van der Waals surface area contributed by atoms with E-state index >= 15 is 0 Å². The lowest BCUT2D eigenvalue weighted by molar-refractivity contribution is -0.00350. The van der Waals surface area contributed by atoms with Crippen molar-refractivity contribution >= 4 is 5.91 Å². The van der Waals surface area contributed by atoms with Crippen molar-refractivity contribution in [2.45, 2.75) is 30.8 Å². The predicted molar refractivity (Wildman–Crippen MR) is 103 cm³/mol. The van der Waals surface area contributed by atoms with Gasteiger partial charge in [-0.3, -0.25) is 14.7 Å². The van der Waals surface area contributed by atoms with Gasteiger partial charge in [0.05, 0.1) is 18.7 Å². The van der Waals surface area contributed by atoms with Crippen molar-refractivity contribution < 1.29 is 9.53 Å². The van der Waals surface area contributed by atoms with E-state index < -0.39 is 0 Å². The van der Waals surface area contributed by atoms with Gasteiger partial charge in [0.25, 0.3) is 5.91 Å². The topological polar surface area (TPSA) is 45.7 Å². The molecule has 3 atom stereocenters. The van der Waals surface area contributed by atoms with Gasteiger partial charge in [0.1, 0.15) is 5.75 Å². The average molecular weight is 363 g/mol. The highest BCUT2D eigenvalue weighted by atomic mass is 16.5. The van der Waals surface area contributed by atoms with Crippen molar-refractivity contribution in [1.29, 1.82) is 0 Å². The third-order valence-electron chi connectivity index (χ3n) is 6.71. The maximum absolute atomic E-state index is 13.5. The Bertz CT molecular complexity index is 832. The first kappa shape index (κ1) is 16.8. The number of rotatable bonds is 3. The molecule has 6 rings (SSSR count). The summed E-state index contributed by atoms with van der Waals surface area (Å²) in [4.78, 5) is 22.6. The number of hydrogen-bond acceptors (Lipinski definition) is 4. The minimum Gasteiger partial charge on any atom is -0.496 e. The largest absolute Gasteiger partial charge is 0.496 e. The average Bonchev–Trinajstić information content (AvgIpc) is 3.17. The Labute approximate surface area is 159 Å². The molecular formula is C22H25N3O2. The van der Waals surface area contributed by atoms with Gasteiger partial charge in [0.15, 0.2) is 0 Å². The van der Waals surface area contributed by atoms with Gasteiger partial charge in [-0.1, -0.05) is 18.2 Å².